The first-order valence-corrected chi connectivity index (χ1v) is 6.15. The quantitative estimate of drug-likeness (QED) is 0.875. The smallest absolute Gasteiger partial charge is 0.339 e. The van der Waals surface area contributed by atoms with Crippen LogP contribution in [0.5, 0.6) is 0 Å². The number of nitrogens with zero attached hydrogens (tertiary/aromatic N) is 1. The third-order valence-electron chi connectivity index (χ3n) is 2.79. The van der Waals surface area contributed by atoms with Crippen LogP contribution in [0, 0.1) is 6.92 Å². The Bertz CT molecular complexity index is 626. The van der Waals surface area contributed by atoms with Gasteiger partial charge in [-0.3, -0.25) is 4.98 Å². The molecule has 5 nitrogen and oxygen atoms in total. The van der Waals surface area contributed by atoms with Gasteiger partial charge in [0.15, 0.2) is 0 Å². The molecule has 5 heteroatoms. The summed E-state index contributed by atoms with van der Waals surface area (Å²) in [6, 6.07) is 9.35. The number of aromatic nitrogens is 1. The number of methoxy groups -OCH3 is 1. The second-order valence-corrected chi connectivity index (χ2v) is 4.43. The Balaban J connectivity index is 2.31. The maximum Gasteiger partial charge on any atom is 0.339 e. The van der Waals surface area contributed by atoms with Gasteiger partial charge in [0.05, 0.1) is 12.3 Å². The molecule has 0 aliphatic carbocycles. The normalized spacial score (nSPS) is 10.3. The summed E-state index contributed by atoms with van der Waals surface area (Å²) in [5.74, 6) is -1.01. The van der Waals surface area contributed by atoms with Crippen molar-refractivity contribution in [1.82, 2.24) is 4.98 Å². The molecule has 0 fully saturated rings. The van der Waals surface area contributed by atoms with Crippen molar-refractivity contribution < 1.29 is 14.6 Å². The molecule has 0 radical (unpaired) electrons. The van der Waals surface area contributed by atoms with Crippen molar-refractivity contribution in [2.75, 3.05) is 12.4 Å². The number of ether oxygens (including phenoxy) is 1. The van der Waals surface area contributed by atoms with Gasteiger partial charge in [-0.15, -0.1) is 0 Å². The van der Waals surface area contributed by atoms with Crippen LogP contribution in [-0.4, -0.2) is 23.2 Å². The maximum atomic E-state index is 11.2. The largest absolute Gasteiger partial charge is 0.478 e. The number of nitrogens with one attached hydrogen (secondary N) is 1. The van der Waals surface area contributed by atoms with E-state index in [0.717, 1.165) is 16.9 Å². The highest BCUT2D eigenvalue weighted by Crippen LogP contribution is 2.22. The number of anilines is 2. The minimum atomic E-state index is -1.01. The molecule has 0 bridgehead atoms. The van der Waals surface area contributed by atoms with E-state index in [1.807, 2.05) is 31.2 Å². The highest BCUT2D eigenvalue weighted by atomic mass is 16.5. The fourth-order valence-corrected chi connectivity index (χ4v) is 1.89. The van der Waals surface area contributed by atoms with Crippen molar-refractivity contribution in [3.05, 3.63) is 53.3 Å². The minimum Gasteiger partial charge on any atom is -0.478 e. The highest BCUT2D eigenvalue weighted by Gasteiger charge is 2.11. The molecule has 0 aliphatic heterocycles. The van der Waals surface area contributed by atoms with Crippen LogP contribution >= 0.6 is 0 Å². The van der Waals surface area contributed by atoms with Crippen LogP contribution < -0.4 is 5.32 Å². The molecule has 0 spiro atoms. The number of pyridine rings is 1. The van der Waals surface area contributed by atoms with Crippen LogP contribution in [0.2, 0.25) is 0 Å². The average Bonchev–Trinajstić information content (AvgIpc) is 2.39. The van der Waals surface area contributed by atoms with Crippen molar-refractivity contribution in [1.29, 1.82) is 0 Å². The molecule has 0 unspecified atom stereocenters. The van der Waals surface area contributed by atoms with Crippen LogP contribution in [0.3, 0.4) is 0 Å². The number of carboxylic acids is 1. The molecule has 1 heterocycles. The summed E-state index contributed by atoms with van der Waals surface area (Å²) in [5.41, 5.74) is 3.26. The van der Waals surface area contributed by atoms with E-state index in [-0.39, 0.29) is 5.56 Å². The molecular weight excluding hydrogens is 256 g/mol. The number of carboxylic acid groups (broad SMARTS) is 1. The van der Waals surface area contributed by atoms with E-state index in [9.17, 15) is 9.90 Å². The van der Waals surface area contributed by atoms with Gasteiger partial charge in [0.2, 0.25) is 0 Å². The molecule has 0 saturated heterocycles. The van der Waals surface area contributed by atoms with Gasteiger partial charge >= 0.3 is 5.97 Å². The Morgan fingerprint density at radius 2 is 2.20 bits per heavy atom. The lowest BCUT2D eigenvalue weighted by Crippen LogP contribution is -2.04. The van der Waals surface area contributed by atoms with Crippen molar-refractivity contribution in [3.8, 4) is 0 Å². The van der Waals surface area contributed by atoms with E-state index < -0.39 is 5.97 Å². The maximum absolute atomic E-state index is 11.2. The summed E-state index contributed by atoms with van der Waals surface area (Å²) in [4.78, 5) is 15.2. The van der Waals surface area contributed by atoms with E-state index in [2.05, 4.69) is 10.3 Å². The molecule has 2 rings (SSSR count). The molecule has 0 saturated carbocycles. The van der Waals surface area contributed by atoms with Gasteiger partial charge in [-0.25, -0.2) is 4.79 Å². The number of aryl methyl sites for hydroxylation is 1. The summed E-state index contributed by atoms with van der Waals surface area (Å²) in [7, 11) is 1.63. The number of hydrogen-bond donors (Lipinski definition) is 2. The Labute approximate surface area is 117 Å². The fourth-order valence-electron chi connectivity index (χ4n) is 1.89. The number of aromatic carboxylic acids is 1. The van der Waals surface area contributed by atoms with Crippen molar-refractivity contribution in [2.45, 2.75) is 13.5 Å². The topological polar surface area (TPSA) is 71.5 Å². The van der Waals surface area contributed by atoms with Gasteiger partial charge < -0.3 is 15.2 Å². The fraction of sp³-hybridized carbons (Fsp3) is 0.200. The zero-order valence-corrected chi connectivity index (χ0v) is 11.4. The lowest BCUT2D eigenvalue weighted by atomic mass is 10.1. The molecule has 0 amide bonds. The standard InChI is InChI=1S/C15H16N2O3/c1-10-6-14(13(8-16-10)15(18)19)17-12-5-3-4-11(7-12)9-20-2/h3-8H,9H2,1-2H3,(H,16,17)(H,18,19). The second-order valence-electron chi connectivity index (χ2n) is 4.43. The molecular formula is C15H16N2O3. The molecule has 2 aromatic rings. The SMILES string of the molecule is COCc1cccc(Nc2cc(C)ncc2C(=O)O)c1. The predicted molar refractivity (Wildman–Crippen MR) is 76.4 cm³/mol. The summed E-state index contributed by atoms with van der Waals surface area (Å²) in [6.07, 6.45) is 1.36. The zero-order chi connectivity index (χ0) is 14.5. The van der Waals surface area contributed by atoms with Gasteiger partial charge in [0, 0.05) is 24.7 Å². The van der Waals surface area contributed by atoms with Crippen LogP contribution in [0.4, 0.5) is 11.4 Å². The third kappa shape index (κ3) is 3.33. The molecule has 0 aliphatic rings. The number of benzene rings is 1. The van der Waals surface area contributed by atoms with Crippen LogP contribution in [0.1, 0.15) is 21.6 Å². The monoisotopic (exact) mass is 272 g/mol. The number of carbonyl (C=O) groups is 1. The number of rotatable bonds is 5. The lowest BCUT2D eigenvalue weighted by Gasteiger charge is -2.11. The van der Waals surface area contributed by atoms with Gasteiger partial charge in [-0.05, 0) is 30.7 Å². The number of hydrogen-bond acceptors (Lipinski definition) is 4. The average molecular weight is 272 g/mol. The Morgan fingerprint density at radius 3 is 2.90 bits per heavy atom. The molecule has 104 valence electrons. The van der Waals surface area contributed by atoms with Gasteiger partial charge in [0.1, 0.15) is 5.56 Å². The van der Waals surface area contributed by atoms with E-state index in [1.165, 1.54) is 6.20 Å². The van der Waals surface area contributed by atoms with Crippen molar-refractivity contribution >= 4 is 17.3 Å². The molecule has 20 heavy (non-hydrogen) atoms. The Hall–Kier alpha value is -2.40. The summed E-state index contributed by atoms with van der Waals surface area (Å²) < 4.78 is 5.08. The van der Waals surface area contributed by atoms with Gasteiger partial charge in [-0.2, -0.15) is 0 Å². The van der Waals surface area contributed by atoms with Crippen LogP contribution in [0.15, 0.2) is 36.5 Å². The zero-order valence-electron chi connectivity index (χ0n) is 11.4. The lowest BCUT2D eigenvalue weighted by molar-refractivity contribution is 0.0697. The Kier molecular flexibility index (Phi) is 4.32. The summed E-state index contributed by atoms with van der Waals surface area (Å²) in [6.45, 7) is 2.33. The molecule has 0 atom stereocenters. The minimum absolute atomic E-state index is 0.146. The predicted octanol–water partition coefficient (Wildman–Crippen LogP) is 2.98. The van der Waals surface area contributed by atoms with Crippen molar-refractivity contribution in [2.24, 2.45) is 0 Å². The van der Waals surface area contributed by atoms with E-state index >= 15 is 0 Å². The third-order valence-corrected chi connectivity index (χ3v) is 2.79. The van der Waals surface area contributed by atoms with Crippen LogP contribution in [-0.2, 0) is 11.3 Å². The van der Waals surface area contributed by atoms with Gasteiger partial charge in [-0.1, -0.05) is 12.1 Å². The molecule has 2 N–H and O–H groups in total. The summed E-state index contributed by atoms with van der Waals surface area (Å²) in [5, 5.41) is 12.3. The van der Waals surface area contributed by atoms with E-state index in [0.29, 0.717) is 12.3 Å². The molecule has 1 aromatic heterocycles. The van der Waals surface area contributed by atoms with E-state index in [1.54, 1.807) is 13.2 Å². The summed E-state index contributed by atoms with van der Waals surface area (Å²) >= 11 is 0. The Morgan fingerprint density at radius 1 is 1.40 bits per heavy atom. The van der Waals surface area contributed by atoms with Crippen LogP contribution in [0.25, 0.3) is 0 Å². The first-order valence-electron chi connectivity index (χ1n) is 6.15. The van der Waals surface area contributed by atoms with Gasteiger partial charge in [0.25, 0.3) is 0 Å². The van der Waals surface area contributed by atoms with Crippen molar-refractivity contribution in [3.63, 3.8) is 0 Å². The van der Waals surface area contributed by atoms with E-state index in [4.69, 9.17) is 4.74 Å². The highest BCUT2D eigenvalue weighted by molar-refractivity contribution is 5.94. The molecule has 1 aromatic carbocycles. The first-order chi connectivity index (χ1) is 9.60. The second kappa shape index (κ2) is 6.16. The first kappa shape index (κ1) is 14.0.